The molecular formula is C16H20N2O2. The summed E-state index contributed by atoms with van der Waals surface area (Å²) >= 11 is 0. The van der Waals surface area contributed by atoms with Gasteiger partial charge in [-0.1, -0.05) is 18.2 Å². The average molecular weight is 272 g/mol. The highest BCUT2D eigenvalue weighted by Gasteiger charge is 2.28. The first-order valence-corrected chi connectivity index (χ1v) is 6.94. The van der Waals surface area contributed by atoms with Crippen LogP contribution in [0.2, 0.25) is 0 Å². The summed E-state index contributed by atoms with van der Waals surface area (Å²) in [5, 5.41) is 4.61. The number of ether oxygens (including phenoxy) is 2. The number of aryl methyl sites for hydroxylation is 1. The van der Waals surface area contributed by atoms with Crippen molar-refractivity contribution in [2.45, 2.75) is 32.6 Å². The third-order valence-corrected chi connectivity index (χ3v) is 3.48. The van der Waals surface area contributed by atoms with Crippen LogP contribution < -0.4 is 5.32 Å². The topological polar surface area (TPSA) is 43.4 Å². The lowest BCUT2D eigenvalue weighted by Gasteiger charge is -2.35. The van der Waals surface area contributed by atoms with Crippen molar-refractivity contribution in [3.8, 4) is 0 Å². The Balaban J connectivity index is 1.83. The molecule has 0 spiro atoms. The van der Waals surface area contributed by atoms with Gasteiger partial charge < -0.3 is 14.8 Å². The molecule has 1 aliphatic heterocycles. The number of anilines is 1. The van der Waals surface area contributed by atoms with Gasteiger partial charge in [0.15, 0.2) is 5.79 Å². The number of benzene rings is 1. The molecule has 2 aromatic rings. The summed E-state index contributed by atoms with van der Waals surface area (Å²) < 4.78 is 11.4. The molecule has 0 aliphatic carbocycles. The smallest absolute Gasteiger partial charge is 0.162 e. The van der Waals surface area contributed by atoms with Crippen molar-refractivity contribution < 1.29 is 9.47 Å². The van der Waals surface area contributed by atoms with Crippen LogP contribution in [0.4, 0.5) is 5.69 Å². The number of hydrogen-bond donors (Lipinski definition) is 1. The quantitative estimate of drug-likeness (QED) is 0.912. The summed E-state index contributed by atoms with van der Waals surface area (Å²) in [6, 6.07) is 10.4. The number of nitrogens with zero attached hydrogens (tertiary/aromatic N) is 1. The molecule has 0 radical (unpaired) electrons. The predicted octanol–water partition coefficient (Wildman–Crippen LogP) is 3.11. The zero-order valence-corrected chi connectivity index (χ0v) is 12.1. The van der Waals surface area contributed by atoms with Crippen molar-refractivity contribution in [3.63, 3.8) is 0 Å². The number of rotatable bonds is 2. The lowest BCUT2D eigenvalue weighted by atomic mass is 10.1. The van der Waals surface area contributed by atoms with Crippen molar-refractivity contribution in [3.05, 3.63) is 36.0 Å². The number of hydrogen-bond acceptors (Lipinski definition) is 4. The molecule has 3 rings (SSSR count). The van der Waals surface area contributed by atoms with Gasteiger partial charge in [0.1, 0.15) is 0 Å². The number of fused-ring (bicyclic) bond motifs is 1. The van der Waals surface area contributed by atoms with Crippen molar-refractivity contribution in [1.82, 2.24) is 4.98 Å². The van der Waals surface area contributed by atoms with Gasteiger partial charge in [-0.05, 0) is 32.9 Å². The Morgan fingerprint density at radius 3 is 2.65 bits per heavy atom. The molecule has 0 atom stereocenters. The van der Waals surface area contributed by atoms with E-state index in [-0.39, 0.29) is 6.04 Å². The van der Waals surface area contributed by atoms with Crippen LogP contribution >= 0.6 is 0 Å². The summed E-state index contributed by atoms with van der Waals surface area (Å²) in [5.74, 6) is -0.480. The molecule has 0 unspecified atom stereocenters. The molecule has 4 nitrogen and oxygen atoms in total. The van der Waals surface area contributed by atoms with Crippen LogP contribution in [0, 0.1) is 6.92 Å². The van der Waals surface area contributed by atoms with Gasteiger partial charge in [-0.2, -0.15) is 0 Å². The molecule has 106 valence electrons. The Morgan fingerprint density at radius 1 is 1.15 bits per heavy atom. The molecule has 1 fully saturated rings. The Hall–Kier alpha value is -1.65. The predicted molar refractivity (Wildman–Crippen MR) is 79.9 cm³/mol. The molecular weight excluding hydrogens is 252 g/mol. The summed E-state index contributed by atoms with van der Waals surface area (Å²) in [6.45, 7) is 7.15. The van der Waals surface area contributed by atoms with Crippen LogP contribution in [-0.4, -0.2) is 30.0 Å². The fourth-order valence-electron chi connectivity index (χ4n) is 2.36. The van der Waals surface area contributed by atoms with Gasteiger partial charge in [0, 0.05) is 11.1 Å². The molecule has 1 aromatic carbocycles. The van der Waals surface area contributed by atoms with E-state index in [0.717, 1.165) is 22.3 Å². The molecule has 0 bridgehead atoms. The van der Waals surface area contributed by atoms with Crippen LogP contribution in [0.15, 0.2) is 30.3 Å². The van der Waals surface area contributed by atoms with E-state index in [1.165, 1.54) is 0 Å². The van der Waals surface area contributed by atoms with Gasteiger partial charge in [-0.15, -0.1) is 0 Å². The van der Waals surface area contributed by atoms with E-state index >= 15 is 0 Å². The minimum Gasteiger partial charge on any atom is -0.376 e. The maximum absolute atomic E-state index is 5.68. The van der Waals surface area contributed by atoms with E-state index in [9.17, 15) is 0 Å². The van der Waals surface area contributed by atoms with Crippen LogP contribution in [0.5, 0.6) is 0 Å². The lowest BCUT2D eigenvalue weighted by Crippen LogP contribution is -2.45. The molecule has 1 saturated heterocycles. The van der Waals surface area contributed by atoms with Crippen molar-refractivity contribution in [1.29, 1.82) is 0 Å². The fourth-order valence-corrected chi connectivity index (χ4v) is 2.36. The van der Waals surface area contributed by atoms with Gasteiger partial charge >= 0.3 is 0 Å². The monoisotopic (exact) mass is 272 g/mol. The molecule has 20 heavy (non-hydrogen) atoms. The number of aromatic nitrogens is 1. The number of para-hydroxylation sites is 1. The van der Waals surface area contributed by atoms with Crippen molar-refractivity contribution >= 4 is 16.6 Å². The second kappa shape index (κ2) is 5.04. The number of nitrogens with one attached hydrogen (secondary N) is 1. The average Bonchev–Trinajstić information content (AvgIpc) is 2.42. The van der Waals surface area contributed by atoms with Crippen molar-refractivity contribution in [2.75, 3.05) is 18.5 Å². The molecule has 0 saturated carbocycles. The molecule has 1 N–H and O–H groups in total. The molecule has 2 heterocycles. The first-order chi connectivity index (χ1) is 9.53. The Bertz CT molecular complexity index is 615. The first kappa shape index (κ1) is 13.3. The van der Waals surface area contributed by atoms with Crippen LogP contribution in [0.1, 0.15) is 19.5 Å². The maximum Gasteiger partial charge on any atom is 0.162 e. The van der Waals surface area contributed by atoms with E-state index in [2.05, 4.69) is 28.5 Å². The summed E-state index contributed by atoms with van der Waals surface area (Å²) in [6.07, 6.45) is 0. The van der Waals surface area contributed by atoms with Crippen molar-refractivity contribution in [2.24, 2.45) is 0 Å². The van der Waals surface area contributed by atoms with Crippen LogP contribution in [0.3, 0.4) is 0 Å². The maximum atomic E-state index is 5.68. The van der Waals surface area contributed by atoms with E-state index in [4.69, 9.17) is 9.47 Å². The van der Waals surface area contributed by atoms with Gasteiger partial charge in [0.2, 0.25) is 0 Å². The second-order valence-corrected chi connectivity index (χ2v) is 5.69. The standard InChI is InChI=1S/C16H20N2O2/c1-11-7-8-12-5-4-6-14(15(12)17-11)18-13-9-19-16(2,3)20-10-13/h4-8,13,18H,9-10H2,1-3H3. The van der Waals surface area contributed by atoms with Crippen LogP contribution in [0.25, 0.3) is 10.9 Å². The summed E-state index contributed by atoms with van der Waals surface area (Å²) in [7, 11) is 0. The molecule has 0 amide bonds. The zero-order valence-electron chi connectivity index (χ0n) is 12.1. The van der Waals surface area contributed by atoms with E-state index in [1.807, 2.05) is 32.9 Å². The van der Waals surface area contributed by atoms with E-state index in [0.29, 0.717) is 13.2 Å². The normalized spacial score (nSPS) is 19.1. The SMILES string of the molecule is Cc1ccc2cccc(NC3COC(C)(C)OC3)c2n1. The Morgan fingerprint density at radius 2 is 1.90 bits per heavy atom. The molecule has 1 aromatic heterocycles. The zero-order chi connectivity index (χ0) is 14.2. The van der Waals surface area contributed by atoms with E-state index in [1.54, 1.807) is 0 Å². The van der Waals surface area contributed by atoms with E-state index < -0.39 is 5.79 Å². The van der Waals surface area contributed by atoms with Gasteiger partial charge in [0.25, 0.3) is 0 Å². The highest BCUT2D eigenvalue weighted by molar-refractivity contribution is 5.90. The lowest BCUT2D eigenvalue weighted by molar-refractivity contribution is -0.247. The Kier molecular flexibility index (Phi) is 3.36. The molecule has 4 heteroatoms. The fraction of sp³-hybridized carbons (Fsp3) is 0.438. The third kappa shape index (κ3) is 2.76. The first-order valence-electron chi connectivity index (χ1n) is 6.94. The van der Waals surface area contributed by atoms with Gasteiger partial charge in [-0.25, -0.2) is 0 Å². The van der Waals surface area contributed by atoms with Gasteiger partial charge in [-0.3, -0.25) is 4.98 Å². The summed E-state index contributed by atoms with van der Waals surface area (Å²) in [5.41, 5.74) is 3.05. The number of pyridine rings is 1. The highest BCUT2D eigenvalue weighted by atomic mass is 16.7. The second-order valence-electron chi connectivity index (χ2n) is 5.69. The third-order valence-electron chi connectivity index (χ3n) is 3.48. The van der Waals surface area contributed by atoms with Crippen LogP contribution in [-0.2, 0) is 9.47 Å². The molecule has 1 aliphatic rings. The minimum atomic E-state index is -0.480. The van der Waals surface area contributed by atoms with Gasteiger partial charge in [0.05, 0.1) is 30.5 Å². The highest BCUT2D eigenvalue weighted by Crippen LogP contribution is 2.24. The Labute approximate surface area is 119 Å². The largest absolute Gasteiger partial charge is 0.376 e. The summed E-state index contributed by atoms with van der Waals surface area (Å²) in [4.78, 5) is 4.63. The minimum absolute atomic E-state index is 0.149.